The summed E-state index contributed by atoms with van der Waals surface area (Å²) >= 11 is 6.11. The van der Waals surface area contributed by atoms with E-state index in [0.717, 1.165) is 50.2 Å². The SMILES string of the molecule is COc1ccc(Cl)cc1N1CC[C@H](NC(=O)[C@H]2CCC[C@@H]2N)C1. The molecule has 126 valence electrons. The number of nitrogens with two attached hydrogens (primary N) is 1. The number of nitrogens with one attached hydrogen (secondary N) is 1. The molecule has 0 bridgehead atoms. The molecule has 5 nitrogen and oxygen atoms in total. The molecule has 0 unspecified atom stereocenters. The van der Waals surface area contributed by atoms with Crippen molar-refractivity contribution in [3.8, 4) is 5.75 Å². The summed E-state index contributed by atoms with van der Waals surface area (Å²) in [6.45, 7) is 1.64. The van der Waals surface area contributed by atoms with Gasteiger partial charge in [-0.3, -0.25) is 4.79 Å². The lowest BCUT2D eigenvalue weighted by Crippen LogP contribution is -2.44. The van der Waals surface area contributed by atoms with E-state index in [9.17, 15) is 4.79 Å². The van der Waals surface area contributed by atoms with E-state index in [-0.39, 0.29) is 23.9 Å². The number of ether oxygens (including phenoxy) is 1. The highest BCUT2D eigenvalue weighted by Crippen LogP contribution is 2.33. The summed E-state index contributed by atoms with van der Waals surface area (Å²) in [6.07, 6.45) is 3.83. The molecule has 1 amide bonds. The minimum Gasteiger partial charge on any atom is -0.495 e. The number of anilines is 1. The Morgan fingerprint density at radius 2 is 2.22 bits per heavy atom. The third kappa shape index (κ3) is 3.56. The Morgan fingerprint density at radius 1 is 1.39 bits per heavy atom. The molecule has 2 aliphatic rings. The first-order valence-corrected chi connectivity index (χ1v) is 8.60. The van der Waals surface area contributed by atoms with Gasteiger partial charge in [0.2, 0.25) is 5.91 Å². The van der Waals surface area contributed by atoms with E-state index < -0.39 is 0 Å². The number of carbonyl (C=O) groups is 1. The molecular weight excluding hydrogens is 314 g/mol. The van der Waals surface area contributed by atoms with Gasteiger partial charge in [0, 0.05) is 30.2 Å². The second-order valence-electron chi connectivity index (χ2n) is 6.46. The highest BCUT2D eigenvalue weighted by molar-refractivity contribution is 6.30. The molecule has 3 N–H and O–H groups in total. The molecule has 23 heavy (non-hydrogen) atoms. The molecule has 0 spiro atoms. The van der Waals surface area contributed by atoms with Crippen molar-refractivity contribution in [1.29, 1.82) is 0 Å². The third-order valence-electron chi connectivity index (χ3n) is 4.92. The van der Waals surface area contributed by atoms with Gasteiger partial charge >= 0.3 is 0 Å². The van der Waals surface area contributed by atoms with Crippen molar-refractivity contribution in [1.82, 2.24) is 5.32 Å². The average Bonchev–Trinajstić information content (AvgIpc) is 3.16. The first kappa shape index (κ1) is 16.4. The number of carbonyl (C=O) groups excluding carboxylic acids is 1. The van der Waals surface area contributed by atoms with Gasteiger partial charge in [0.1, 0.15) is 5.75 Å². The zero-order valence-corrected chi connectivity index (χ0v) is 14.2. The van der Waals surface area contributed by atoms with E-state index in [2.05, 4.69) is 10.2 Å². The molecule has 2 fully saturated rings. The summed E-state index contributed by atoms with van der Waals surface area (Å²) in [4.78, 5) is 14.6. The van der Waals surface area contributed by atoms with Crippen molar-refractivity contribution >= 4 is 23.2 Å². The van der Waals surface area contributed by atoms with Crippen molar-refractivity contribution in [3.63, 3.8) is 0 Å². The van der Waals surface area contributed by atoms with Gasteiger partial charge in [-0.25, -0.2) is 0 Å². The van der Waals surface area contributed by atoms with Crippen LogP contribution in [0.4, 0.5) is 5.69 Å². The monoisotopic (exact) mass is 337 g/mol. The zero-order valence-electron chi connectivity index (χ0n) is 13.4. The first-order chi connectivity index (χ1) is 11.1. The van der Waals surface area contributed by atoms with E-state index in [1.165, 1.54) is 0 Å². The lowest BCUT2D eigenvalue weighted by molar-refractivity contribution is -0.125. The summed E-state index contributed by atoms with van der Waals surface area (Å²) in [7, 11) is 1.66. The Hall–Kier alpha value is -1.46. The number of amides is 1. The van der Waals surface area contributed by atoms with Crippen molar-refractivity contribution in [2.75, 3.05) is 25.1 Å². The van der Waals surface area contributed by atoms with Gasteiger partial charge in [0.25, 0.3) is 0 Å². The van der Waals surface area contributed by atoms with E-state index in [1.54, 1.807) is 7.11 Å². The number of rotatable bonds is 4. The lowest BCUT2D eigenvalue weighted by atomic mass is 10.0. The highest BCUT2D eigenvalue weighted by atomic mass is 35.5. The largest absolute Gasteiger partial charge is 0.495 e. The second-order valence-corrected chi connectivity index (χ2v) is 6.89. The van der Waals surface area contributed by atoms with Gasteiger partial charge in [0.15, 0.2) is 0 Å². The van der Waals surface area contributed by atoms with Crippen LogP contribution in [0.5, 0.6) is 5.75 Å². The maximum atomic E-state index is 12.4. The molecule has 1 saturated carbocycles. The summed E-state index contributed by atoms with van der Waals surface area (Å²) in [5.74, 6) is 0.892. The lowest BCUT2D eigenvalue weighted by Gasteiger charge is -2.23. The van der Waals surface area contributed by atoms with Crippen LogP contribution in [0.15, 0.2) is 18.2 Å². The minimum absolute atomic E-state index is 0.0144. The number of halogens is 1. The van der Waals surface area contributed by atoms with Gasteiger partial charge in [-0.2, -0.15) is 0 Å². The number of benzene rings is 1. The van der Waals surface area contributed by atoms with Crippen molar-refractivity contribution in [3.05, 3.63) is 23.2 Å². The van der Waals surface area contributed by atoms with E-state index in [4.69, 9.17) is 22.1 Å². The van der Waals surface area contributed by atoms with Crippen LogP contribution in [0.1, 0.15) is 25.7 Å². The number of hydrogen-bond acceptors (Lipinski definition) is 4. The Kier molecular flexibility index (Phi) is 4.97. The Labute approximate surface area is 142 Å². The van der Waals surface area contributed by atoms with Crippen LogP contribution >= 0.6 is 11.6 Å². The standard InChI is InChI=1S/C17H24ClN3O2/c1-23-16-6-5-11(18)9-15(16)21-8-7-12(10-21)20-17(22)13-3-2-4-14(13)19/h5-6,9,12-14H,2-4,7-8,10,19H2,1H3,(H,20,22)/t12-,13-,14-/m0/s1. The summed E-state index contributed by atoms with van der Waals surface area (Å²) in [5.41, 5.74) is 7.01. The van der Waals surface area contributed by atoms with Crippen molar-refractivity contribution < 1.29 is 9.53 Å². The van der Waals surface area contributed by atoms with Gasteiger partial charge in [-0.1, -0.05) is 18.0 Å². The summed E-state index contributed by atoms with van der Waals surface area (Å²) in [5, 5.41) is 3.85. The third-order valence-corrected chi connectivity index (χ3v) is 5.16. The van der Waals surface area contributed by atoms with Crippen LogP contribution in [0.2, 0.25) is 5.02 Å². The van der Waals surface area contributed by atoms with E-state index in [0.29, 0.717) is 5.02 Å². The molecular formula is C17H24ClN3O2. The summed E-state index contributed by atoms with van der Waals surface area (Å²) in [6, 6.07) is 5.78. The quantitative estimate of drug-likeness (QED) is 0.883. The van der Waals surface area contributed by atoms with Gasteiger partial charge < -0.3 is 20.7 Å². The minimum atomic E-state index is -0.0234. The number of nitrogens with zero attached hydrogens (tertiary/aromatic N) is 1. The van der Waals surface area contributed by atoms with Crippen LogP contribution in [-0.4, -0.2) is 38.2 Å². The zero-order chi connectivity index (χ0) is 16.4. The Morgan fingerprint density at radius 3 is 2.91 bits per heavy atom. The fourth-order valence-electron chi connectivity index (χ4n) is 3.63. The first-order valence-electron chi connectivity index (χ1n) is 8.23. The van der Waals surface area contributed by atoms with E-state index in [1.807, 2.05) is 18.2 Å². The second kappa shape index (κ2) is 6.97. The molecule has 0 aromatic heterocycles. The van der Waals surface area contributed by atoms with Crippen LogP contribution < -0.4 is 20.7 Å². The van der Waals surface area contributed by atoms with Crippen molar-refractivity contribution in [2.45, 2.75) is 37.8 Å². The maximum absolute atomic E-state index is 12.4. The molecule has 1 saturated heterocycles. The van der Waals surface area contributed by atoms with Crippen LogP contribution in [-0.2, 0) is 4.79 Å². The smallest absolute Gasteiger partial charge is 0.224 e. The molecule has 3 rings (SSSR count). The van der Waals surface area contributed by atoms with Crippen LogP contribution in [0.3, 0.4) is 0 Å². The van der Waals surface area contributed by atoms with Crippen molar-refractivity contribution in [2.24, 2.45) is 11.7 Å². The predicted octanol–water partition coefficient (Wildman–Crippen LogP) is 2.17. The normalized spacial score (nSPS) is 27.3. The van der Waals surface area contributed by atoms with Gasteiger partial charge in [-0.15, -0.1) is 0 Å². The number of methoxy groups -OCH3 is 1. The molecule has 1 heterocycles. The molecule has 3 atom stereocenters. The fourth-order valence-corrected chi connectivity index (χ4v) is 3.80. The molecule has 1 aromatic carbocycles. The maximum Gasteiger partial charge on any atom is 0.224 e. The van der Waals surface area contributed by atoms with E-state index >= 15 is 0 Å². The summed E-state index contributed by atoms with van der Waals surface area (Å²) < 4.78 is 5.42. The highest BCUT2D eigenvalue weighted by Gasteiger charge is 2.33. The Balaban J connectivity index is 1.62. The number of hydrogen-bond donors (Lipinski definition) is 2. The van der Waals surface area contributed by atoms with Gasteiger partial charge in [0.05, 0.1) is 18.7 Å². The van der Waals surface area contributed by atoms with Gasteiger partial charge in [-0.05, 0) is 37.5 Å². The molecule has 6 heteroatoms. The molecule has 0 radical (unpaired) electrons. The molecule has 1 aromatic rings. The van der Waals surface area contributed by atoms with Crippen LogP contribution in [0.25, 0.3) is 0 Å². The molecule has 1 aliphatic heterocycles. The fraction of sp³-hybridized carbons (Fsp3) is 0.588. The Bertz CT molecular complexity index is 581. The van der Waals surface area contributed by atoms with Crippen LogP contribution in [0, 0.1) is 5.92 Å². The average molecular weight is 338 g/mol. The topological polar surface area (TPSA) is 67.6 Å². The molecule has 1 aliphatic carbocycles. The predicted molar refractivity (Wildman–Crippen MR) is 92.1 cm³/mol.